The third-order valence-corrected chi connectivity index (χ3v) is 4.68. The molecule has 5 nitrogen and oxygen atoms in total. The highest BCUT2D eigenvalue weighted by molar-refractivity contribution is 6.48. The van der Waals surface area contributed by atoms with Crippen LogP contribution in [0, 0.1) is 12.7 Å². The fourth-order valence-electron chi connectivity index (χ4n) is 3.16. The van der Waals surface area contributed by atoms with Gasteiger partial charge in [-0.05, 0) is 62.7 Å². The Balaban J connectivity index is 1.82. The molecule has 2 N–H and O–H groups in total. The lowest BCUT2D eigenvalue weighted by Gasteiger charge is -2.22. The molecule has 3 aromatic rings. The lowest BCUT2D eigenvalue weighted by atomic mass is 10.1. The lowest BCUT2D eigenvalue weighted by molar-refractivity contribution is -0.112. The number of hydrogen-bond donors (Lipinski definition) is 2. The fraction of sp³-hybridized carbons (Fsp3) is 0.238. The highest BCUT2D eigenvalue weighted by atomic mass is 19.1. The van der Waals surface area contributed by atoms with Crippen LogP contribution in [0.25, 0.3) is 10.9 Å². The topological polar surface area (TPSA) is 65.2 Å². The molecule has 140 valence electrons. The monoisotopic (exact) mass is 367 g/mol. The summed E-state index contributed by atoms with van der Waals surface area (Å²) in [5.74, 6) is -1.92. The highest BCUT2D eigenvalue weighted by Crippen LogP contribution is 2.24. The number of ketones is 1. The first kappa shape index (κ1) is 18.6. The van der Waals surface area contributed by atoms with Crippen molar-refractivity contribution < 1.29 is 14.0 Å². The maximum absolute atomic E-state index is 13.5. The largest absolute Gasteiger partial charge is 0.372 e. The van der Waals surface area contributed by atoms with Crippen LogP contribution in [-0.2, 0) is 4.79 Å². The lowest BCUT2D eigenvalue weighted by Crippen LogP contribution is -2.24. The van der Waals surface area contributed by atoms with Gasteiger partial charge in [0, 0.05) is 41.6 Å². The van der Waals surface area contributed by atoms with Crippen molar-refractivity contribution in [3.05, 3.63) is 59.5 Å². The maximum atomic E-state index is 13.5. The zero-order valence-corrected chi connectivity index (χ0v) is 15.6. The summed E-state index contributed by atoms with van der Waals surface area (Å²) < 4.78 is 13.5. The molecule has 0 atom stereocenters. The Bertz CT molecular complexity index is 1010. The second-order valence-electron chi connectivity index (χ2n) is 6.35. The molecular weight excluding hydrogens is 345 g/mol. The van der Waals surface area contributed by atoms with Crippen molar-refractivity contribution in [2.45, 2.75) is 20.8 Å². The fourth-order valence-corrected chi connectivity index (χ4v) is 3.16. The molecule has 1 aromatic heterocycles. The minimum absolute atomic E-state index is 0.152. The van der Waals surface area contributed by atoms with Crippen molar-refractivity contribution >= 4 is 34.0 Å². The van der Waals surface area contributed by atoms with Crippen LogP contribution in [0.15, 0.2) is 42.6 Å². The Morgan fingerprint density at radius 2 is 1.85 bits per heavy atom. The highest BCUT2D eigenvalue weighted by Gasteiger charge is 2.21. The molecule has 0 aliphatic heterocycles. The Labute approximate surface area is 157 Å². The SMILES string of the molecule is CCN(CC)c1ccc(NC(=O)C(=O)c2c[nH]c3ccc(F)cc23)c(C)c1. The van der Waals surface area contributed by atoms with Crippen LogP contribution in [-0.4, -0.2) is 29.8 Å². The number of Topliss-reactive ketones (excluding diaryl/α,β-unsaturated/α-hetero) is 1. The molecule has 0 bridgehead atoms. The van der Waals surface area contributed by atoms with Gasteiger partial charge in [-0.2, -0.15) is 0 Å². The molecule has 6 heteroatoms. The van der Waals surface area contributed by atoms with Crippen molar-refractivity contribution in [2.75, 3.05) is 23.3 Å². The molecule has 2 aromatic carbocycles. The van der Waals surface area contributed by atoms with E-state index in [9.17, 15) is 14.0 Å². The second kappa shape index (κ2) is 7.61. The number of fused-ring (bicyclic) bond motifs is 1. The molecule has 1 heterocycles. The van der Waals surface area contributed by atoms with Crippen LogP contribution in [0.3, 0.4) is 0 Å². The number of hydrogen-bond acceptors (Lipinski definition) is 3. The number of carbonyl (C=O) groups excluding carboxylic acids is 2. The third-order valence-electron chi connectivity index (χ3n) is 4.68. The average molecular weight is 367 g/mol. The van der Waals surface area contributed by atoms with Gasteiger partial charge in [-0.15, -0.1) is 0 Å². The van der Waals surface area contributed by atoms with Crippen LogP contribution < -0.4 is 10.2 Å². The number of benzene rings is 2. The molecule has 1 amide bonds. The van der Waals surface area contributed by atoms with Gasteiger partial charge in [0.05, 0.1) is 5.56 Å². The van der Waals surface area contributed by atoms with E-state index in [1.807, 2.05) is 19.1 Å². The molecule has 0 fully saturated rings. The van der Waals surface area contributed by atoms with Crippen LogP contribution in [0.1, 0.15) is 29.8 Å². The summed E-state index contributed by atoms with van der Waals surface area (Å²) in [5, 5.41) is 3.06. The Hall–Kier alpha value is -3.15. The zero-order valence-electron chi connectivity index (χ0n) is 15.6. The van der Waals surface area contributed by atoms with Gasteiger partial charge in [0.1, 0.15) is 5.82 Å². The summed E-state index contributed by atoms with van der Waals surface area (Å²) in [6.45, 7) is 7.82. The van der Waals surface area contributed by atoms with Crippen molar-refractivity contribution in [3.63, 3.8) is 0 Å². The summed E-state index contributed by atoms with van der Waals surface area (Å²) in [6.07, 6.45) is 1.43. The van der Waals surface area contributed by atoms with Gasteiger partial charge in [-0.25, -0.2) is 4.39 Å². The number of aromatic nitrogens is 1. The number of amides is 1. The summed E-state index contributed by atoms with van der Waals surface area (Å²) in [4.78, 5) is 30.1. The average Bonchev–Trinajstić information content (AvgIpc) is 3.07. The Morgan fingerprint density at radius 1 is 1.11 bits per heavy atom. The molecule has 0 radical (unpaired) electrons. The van der Waals surface area contributed by atoms with Gasteiger partial charge in [-0.1, -0.05) is 0 Å². The first-order valence-electron chi connectivity index (χ1n) is 8.92. The Kier molecular flexibility index (Phi) is 5.26. The molecule has 0 saturated heterocycles. The van der Waals surface area contributed by atoms with Crippen molar-refractivity contribution in [3.8, 4) is 0 Å². The van der Waals surface area contributed by atoms with E-state index in [1.165, 1.54) is 24.4 Å². The van der Waals surface area contributed by atoms with E-state index in [1.54, 1.807) is 6.07 Å². The van der Waals surface area contributed by atoms with Crippen LogP contribution in [0.2, 0.25) is 0 Å². The quantitative estimate of drug-likeness (QED) is 0.505. The first-order valence-corrected chi connectivity index (χ1v) is 8.92. The molecule has 0 spiro atoms. The molecule has 0 unspecified atom stereocenters. The van der Waals surface area contributed by atoms with Crippen molar-refractivity contribution in [2.24, 2.45) is 0 Å². The minimum Gasteiger partial charge on any atom is -0.372 e. The van der Waals surface area contributed by atoms with E-state index >= 15 is 0 Å². The number of anilines is 2. The van der Waals surface area contributed by atoms with Gasteiger partial charge >= 0.3 is 0 Å². The predicted octanol–water partition coefficient (Wildman–Crippen LogP) is 4.28. The van der Waals surface area contributed by atoms with Crippen LogP contribution >= 0.6 is 0 Å². The smallest absolute Gasteiger partial charge is 0.296 e. The van der Waals surface area contributed by atoms with E-state index in [0.29, 0.717) is 16.6 Å². The number of carbonyl (C=O) groups is 2. The summed E-state index contributed by atoms with van der Waals surface area (Å²) in [7, 11) is 0. The maximum Gasteiger partial charge on any atom is 0.296 e. The molecule has 0 aliphatic carbocycles. The van der Waals surface area contributed by atoms with Gasteiger partial charge in [0.15, 0.2) is 0 Å². The first-order chi connectivity index (χ1) is 12.9. The number of rotatable bonds is 6. The number of aryl methyl sites for hydroxylation is 1. The van der Waals surface area contributed by atoms with E-state index in [0.717, 1.165) is 24.3 Å². The Morgan fingerprint density at radius 3 is 2.52 bits per heavy atom. The number of nitrogens with one attached hydrogen (secondary N) is 2. The van der Waals surface area contributed by atoms with Gasteiger partial charge in [-0.3, -0.25) is 9.59 Å². The van der Waals surface area contributed by atoms with Gasteiger partial charge in [0.2, 0.25) is 0 Å². The molecule has 0 saturated carbocycles. The normalized spacial score (nSPS) is 10.8. The van der Waals surface area contributed by atoms with Crippen LogP contribution in [0.5, 0.6) is 0 Å². The summed E-state index contributed by atoms with van der Waals surface area (Å²) in [5.41, 5.74) is 3.27. The van der Waals surface area contributed by atoms with E-state index in [4.69, 9.17) is 0 Å². The van der Waals surface area contributed by atoms with Crippen LogP contribution in [0.4, 0.5) is 15.8 Å². The van der Waals surface area contributed by atoms with Gasteiger partial charge < -0.3 is 15.2 Å². The number of H-pyrrole nitrogens is 1. The minimum atomic E-state index is -0.751. The molecular formula is C21H22FN3O2. The van der Waals surface area contributed by atoms with Crippen molar-refractivity contribution in [1.82, 2.24) is 4.98 Å². The summed E-state index contributed by atoms with van der Waals surface area (Å²) >= 11 is 0. The number of halogens is 1. The number of aromatic amines is 1. The summed E-state index contributed by atoms with van der Waals surface area (Å²) in [6, 6.07) is 9.78. The van der Waals surface area contributed by atoms with E-state index < -0.39 is 17.5 Å². The van der Waals surface area contributed by atoms with Gasteiger partial charge in [0.25, 0.3) is 11.7 Å². The third kappa shape index (κ3) is 3.69. The molecule has 27 heavy (non-hydrogen) atoms. The molecule has 0 aliphatic rings. The van der Waals surface area contributed by atoms with Crippen molar-refractivity contribution in [1.29, 1.82) is 0 Å². The predicted molar refractivity (Wildman–Crippen MR) is 106 cm³/mol. The standard InChI is InChI=1S/C21H22FN3O2/c1-4-25(5-2)15-7-9-18(13(3)10-15)24-21(27)20(26)17-12-23-19-8-6-14(22)11-16(17)19/h6-12,23H,4-5H2,1-3H3,(H,24,27). The second-order valence-corrected chi connectivity index (χ2v) is 6.35. The number of nitrogens with zero attached hydrogens (tertiary/aromatic N) is 1. The zero-order chi connectivity index (χ0) is 19.6. The van der Waals surface area contributed by atoms with E-state index in [2.05, 4.69) is 29.0 Å². The molecule has 3 rings (SSSR count). The van der Waals surface area contributed by atoms with E-state index in [-0.39, 0.29) is 5.56 Å².